The van der Waals surface area contributed by atoms with Crippen molar-refractivity contribution in [3.63, 3.8) is 0 Å². The molecule has 0 radical (unpaired) electrons. The highest BCUT2D eigenvalue weighted by atomic mass is 35.5. The number of ether oxygens (including phenoxy) is 1. The lowest BCUT2D eigenvalue weighted by Gasteiger charge is -2.20. The van der Waals surface area contributed by atoms with Gasteiger partial charge in [-0.25, -0.2) is 14.3 Å². The molecule has 0 saturated carbocycles. The number of H-pyrrole nitrogens is 1. The van der Waals surface area contributed by atoms with Crippen LogP contribution < -0.4 is 21.0 Å². The van der Waals surface area contributed by atoms with Crippen molar-refractivity contribution >= 4 is 35.0 Å². The lowest BCUT2D eigenvalue weighted by Crippen LogP contribution is -2.29. The van der Waals surface area contributed by atoms with Crippen molar-refractivity contribution in [3.8, 4) is 5.75 Å². The van der Waals surface area contributed by atoms with E-state index in [0.29, 0.717) is 22.6 Å². The smallest absolute Gasteiger partial charge is 0.438 e. The van der Waals surface area contributed by atoms with Gasteiger partial charge in [-0.15, -0.1) is 0 Å². The molecule has 4 rings (SSSR count). The van der Waals surface area contributed by atoms with Crippen LogP contribution in [0.15, 0.2) is 56.6 Å². The standard InChI is InChI=1S/C26H25Cl2N5O6/c1-14(2)19-8-16(30-33(24(19)34)12-15-4-6-18(38-3)7-5-15)9-20-21(27)10-17(11-22(20)28)32(26(36)37)13-23-29-25(35)39-31-23/h4-8,10-11,14H,9,12-13H2,1-3H3,(H,36,37)(H,29,31,35). The molecule has 13 heteroatoms. The highest BCUT2D eigenvalue weighted by Gasteiger charge is 2.21. The number of halogens is 2. The van der Waals surface area contributed by atoms with Gasteiger partial charge in [-0.3, -0.25) is 19.2 Å². The summed E-state index contributed by atoms with van der Waals surface area (Å²) >= 11 is 13.1. The van der Waals surface area contributed by atoms with E-state index in [2.05, 4.69) is 19.8 Å². The molecular weight excluding hydrogens is 549 g/mol. The van der Waals surface area contributed by atoms with Gasteiger partial charge in [0.1, 0.15) is 5.75 Å². The van der Waals surface area contributed by atoms with Crippen LogP contribution in [0.4, 0.5) is 10.5 Å². The van der Waals surface area contributed by atoms with E-state index in [4.69, 9.17) is 27.9 Å². The van der Waals surface area contributed by atoms with Gasteiger partial charge in [0, 0.05) is 22.0 Å². The fourth-order valence-electron chi connectivity index (χ4n) is 3.97. The fraction of sp³-hybridized carbons (Fsp3) is 0.269. The minimum Gasteiger partial charge on any atom is -0.497 e. The number of hydrogen-bond donors (Lipinski definition) is 2. The summed E-state index contributed by atoms with van der Waals surface area (Å²) in [5.41, 5.74) is 2.53. The Labute approximate surface area is 232 Å². The molecule has 204 valence electrons. The lowest BCUT2D eigenvalue weighted by atomic mass is 10.0. The van der Waals surface area contributed by atoms with E-state index in [1.807, 2.05) is 38.1 Å². The molecular formula is C26H25Cl2N5O6. The second kappa shape index (κ2) is 11.7. The second-order valence-electron chi connectivity index (χ2n) is 9.03. The minimum absolute atomic E-state index is 0.0169. The van der Waals surface area contributed by atoms with Gasteiger partial charge in [0.2, 0.25) is 0 Å². The molecule has 0 aliphatic rings. The summed E-state index contributed by atoms with van der Waals surface area (Å²) in [6.07, 6.45) is -1.11. The van der Waals surface area contributed by atoms with Gasteiger partial charge in [-0.1, -0.05) is 54.3 Å². The first-order valence-electron chi connectivity index (χ1n) is 11.8. The Morgan fingerprint density at radius 3 is 2.36 bits per heavy atom. The van der Waals surface area contributed by atoms with Crippen LogP contribution in [-0.4, -0.2) is 38.2 Å². The molecule has 0 spiro atoms. The molecule has 2 aromatic carbocycles. The molecule has 0 unspecified atom stereocenters. The molecule has 0 atom stereocenters. The third-order valence-corrected chi connectivity index (χ3v) is 6.66. The Hall–Kier alpha value is -4.09. The molecule has 11 nitrogen and oxygen atoms in total. The Morgan fingerprint density at radius 2 is 1.82 bits per heavy atom. The van der Waals surface area contributed by atoms with E-state index in [-0.39, 0.29) is 52.5 Å². The Bertz CT molecular complexity index is 1590. The molecule has 4 aromatic rings. The van der Waals surface area contributed by atoms with E-state index in [0.717, 1.165) is 10.5 Å². The number of carbonyl (C=O) groups is 1. The largest absolute Gasteiger partial charge is 0.497 e. The van der Waals surface area contributed by atoms with Crippen LogP contribution >= 0.6 is 23.2 Å². The Morgan fingerprint density at radius 1 is 1.15 bits per heavy atom. The topological polar surface area (TPSA) is 144 Å². The SMILES string of the molecule is COc1ccc(Cn2nc(Cc3c(Cl)cc(N(Cc4noc(=O)[nH]4)C(=O)O)cc3Cl)cc(C(C)C)c2=O)cc1. The Kier molecular flexibility index (Phi) is 8.41. The number of aromatic nitrogens is 4. The number of rotatable bonds is 9. The maximum absolute atomic E-state index is 13.1. The maximum atomic E-state index is 13.1. The third-order valence-electron chi connectivity index (χ3n) is 5.99. The summed E-state index contributed by atoms with van der Waals surface area (Å²) < 4.78 is 11.0. The molecule has 2 heterocycles. The number of nitrogens with one attached hydrogen (secondary N) is 1. The average molecular weight is 574 g/mol. The molecule has 1 amide bonds. The normalized spacial score (nSPS) is 11.1. The zero-order chi connectivity index (χ0) is 28.3. The van der Waals surface area contributed by atoms with Crippen molar-refractivity contribution in [2.45, 2.75) is 39.3 Å². The van der Waals surface area contributed by atoms with Crippen molar-refractivity contribution in [1.29, 1.82) is 0 Å². The van der Waals surface area contributed by atoms with Gasteiger partial charge in [0.05, 0.1) is 31.6 Å². The number of nitrogens with zero attached hydrogens (tertiary/aromatic N) is 4. The van der Waals surface area contributed by atoms with Crippen LogP contribution in [0, 0.1) is 0 Å². The first-order valence-corrected chi connectivity index (χ1v) is 12.6. The number of benzene rings is 2. The maximum Gasteiger partial charge on any atom is 0.438 e. The molecule has 39 heavy (non-hydrogen) atoms. The van der Waals surface area contributed by atoms with E-state index in [1.54, 1.807) is 13.2 Å². The summed E-state index contributed by atoms with van der Waals surface area (Å²) in [6, 6.07) is 12.0. The van der Waals surface area contributed by atoms with Gasteiger partial charge < -0.3 is 9.84 Å². The monoisotopic (exact) mass is 573 g/mol. The minimum atomic E-state index is -1.31. The van der Waals surface area contributed by atoms with Crippen molar-refractivity contribution in [2.24, 2.45) is 0 Å². The predicted octanol–water partition coefficient (Wildman–Crippen LogP) is 4.68. The number of anilines is 1. The molecule has 2 aromatic heterocycles. The molecule has 0 saturated heterocycles. The van der Waals surface area contributed by atoms with E-state index in [1.165, 1.54) is 16.8 Å². The predicted molar refractivity (Wildman–Crippen MR) is 145 cm³/mol. The zero-order valence-electron chi connectivity index (χ0n) is 21.3. The molecule has 0 aliphatic heterocycles. The average Bonchev–Trinajstić information content (AvgIpc) is 3.31. The van der Waals surface area contributed by atoms with Crippen molar-refractivity contribution < 1.29 is 19.2 Å². The summed E-state index contributed by atoms with van der Waals surface area (Å²) in [5, 5.41) is 18.2. The van der Waals surface area contributed by atoms with Crippen LogP contribution in [0.25, 0.3) is 0 Å². The van der Waals surface area contributed by atoms with Gasteiger partial charge in [-0.2, -0.15) is 5.10 Å². The third kappa shape index (κ3) is 6.50. The van der Waals surface area contributed by atoms with Crippen LogP contribution in [0.5, 0.6) is 5.75 Å². The first kappa shape index (κ1) is 27.9. The molecule has 0 fully saturated rings. The Balaban J connectivity index is 1.66. The molecule has 0 bridgehead atoms. The highest BCUT2D eigenvalue weighted by Crippen LogP contribution is 2.33. The summed E-state index contributed by atoms with van der Waals surface area (Å²) in [5.74, 6) is -0.132. The van der Waals surface area contributed by atoms with Gasteiger partial charge >= 0.3 is 11.8 Å². The van der Waals surface area contributed by atoms with Crippen molar-refractivity contribution in [1.82, 2.24) is 19.9 Å². The summed E-state index contributed by atoms with van der Waals surface area (Å²) in [4.78, 5) is 39.5. The number of amides is 1. The van der Waals surface area contributed by atoms with Gasteiger partial charge in [0.25, 0.3) is 5.56 Å². The van der Waals surface area contributed by atoms with Crippen LogP contribution in [0.3, 0.4) is 0 Å². The van der Waals surface area contributed by atoms with Gasteiger partial charge in [-0.05, 0) is 47.4 Å². The number of hydrogen-bond acceptors (Lipinski definition) is 7. The number of methoxy groups -OCH3 is 1. The number of carboxylic acid groups (broad SMARTS) is 1. The quantitative estimate of drug-likeness (QED) is 0.293. The van der Waals surface area contributed by atoms with E-state index >= 15 is 0 Å². The molecule has 2 N–H and O–H groups in total. The van der Waals surface area contributed by atoms with Gasteiger partial charge in [0.15, 0.2) is 5.82 Å². The van der Waals surface area contributed by atoms with Crippen LogP contribution in [0.2, 0.25) is 10.0 Å². The zero-order valence-corrected chi connectivity index (χ0v) is 22.8. The van der Waals surface area contributed by atoms with Crippen LogP contribution in [0.1, 0.15) is 48.0 Å². The fourth-order valence-corrected chi connectivity index (χ4v) is 4.58. The van der Waals surface area contributed by atoms with Crippen LogP contribution in [-0.2, 0) is 19.5 Å². The van der Waals surface area contributed by atoms with E-state index in [9.17, 15) is 19.5 Å². The molecule has 0 aliphatic carbocycles. The summed E-state index contributed by atoms with van der Waals surface area (Å²) in [7, 11) is 1.58. The summed E-state index contributed by atoms with van der Waals surface area (Å²) in [6.45, 7) is 3.82. The highest BCUT2D eigenvalue weighted by molar-refractivity contribution is 6.36. The lowest BCUT2D eigenvalue weighted by molar-refractivity contribution is 0.201. The number of aromatic amines is 1. The first-order chi connectivity index (χ1) is 18.5. The van der Waals surface area contributed by atoms with Crippen molar-refractivity contribution in [3.05, 3.63) is 102 Å². The van der Waals surface area contributed by atoms with E-state index < -0.39 is 11.8 Å². The second-order valence-corrected chi connectivity index (χ2v) is 9.85. The van der Waals surface area contributed by atoms with Crippen molar-refractivity contribution in [2.75, 3.05) is 12.0 Å².